The molecule has 0 heterocycles. The van der Waals surface area contributed by atoms with Gasteiger partial charge in [-0.25, -0.2) is 0 Å². The predicted octanol–water partition coefficient (Wildman–Crippen LogP) is 2.91. The van der Waals surface area contributed by atoms with E-state index in [2.05, 4.69) is 5.32 Å². The number of hydrogen-bond acceptors (Lipinski definition) is 3. The first kappa shape index (κ1) is 17.3. The molecule has 1 amide bonds. The molecule has 23 heavy (non-hydrogen) atoms. The van der Waals surface area contributed by atoms with Crippen molar-refractivity contribution in [3.05, 3.63) is 29.8 Å². The average molecular weight is 319 g/mol. The van der Waals surface area contributed by atoms with Crippen molar-refractivity contribution in [2.24, 2.45) is 5.41 Å². The lowest BCUT2D eigenvalue weighted by Gasteiger charge is -2.33. The fourth-order valence-corrected chi connectivity index (χ4v) is 3.04. The van der Waals surface area contributed by atoms with Gasteiger partial charge in [0.05, 0.1) is 5.41 Å². The van der Waals surface area contributed by atoms with Gasteiger partial charge in [0.15, 0.2) is 6.10 Å². The van der Waals surface area contributed by atoms with Crippen LogP contribution in [0.2, 0.25) is 0 Å². The highest BCUT2D eigenvalue weighted by Gasteiger charge is 2.40. The zero-order valence-corrected chi connectivity index (χ0v) is 13.8. The van der Waals surface area contributed by atoms with Crippen molar-refractivity contribution in [2.75, 3.05) is 6.54 Å². The van der Waals surface area contributed by atoms with E-state index in [1.165, 1.54) is 0 Å². The number of nitrogens with one attached hydrogen (secondary N) is 1. The molecular formula is C18H25NO4. The Morgan fingerprint density at radius 3 is 2.61 bits per heavy atom. The SMILES string of the molecule is Cc1cccc(OC(C)C(=O)NCC2(C(=O)O)CCCCC2)c1. The van der Waals surface area contributed by atoms with Crippen molar-refractivity contribution in [1.29, 1.82) is 0 Å². The third-order valence-electron chi connectivity index (χ3n) is 4.54. The predicted molar refractivity (Wildman–Crippen MR) is 87.4 cm³/mol. The zero-order chi connectivity index (χ0) is 16.9. The van der Waals surface area contributed by atoms with Gasteiger partial charge in [0.2, 0.25) is 0 Å². The average Bonchev–Trinajstić information content (AvgIpc) is 2.53. The molecule has 0 aromatic heterocycles. The molecule has 2 N–H and O–H groups in total. The summed E-state index contributed by atoms with van der Waals surface area (Å²) in [6.45, 7) is 3.80. The molecular weight excluding hydrogens is 294 g/mol. The summed E-state index contributed by atoms with van der Waals surface area (Å²) in [5.74, 6) is -0.458. The largest absolute Gasteiger partial charge is 0.481 e. The van der Waals surface area contributed by atoms with Crippen LogP contribution in [0.15, 0.2) is 24.3 Å². The third-order valence-corrected chi connectivity index (χ3v) is 4.54. The normalized spacial score (nSPS) is 18.0. The Kier molecular flexibility index (Phi) is 5.64. The quantitative estimate of drug-likeness (QED) is 0.845. The van der Waals surface area contributed by atoms with Gasteiger partial charge in [-0.2, -0.15) is 0 Å². The van der Waals surface area contributed by atoms with Gasteiger partial charge in [-0.1, -0.05) is 31.4 Å². The van der Waals surface area contributed by atoms with E-state index in [1.807, 2.05) is 25.1 Å². The second-order valence-corrected chi connectivity index (χ2v) is 6.44. The Bertz CT molecular complexity index is 564. The molecule has 1 saturated carbocycles. The summed E-state index contributed by atoms with van der Waals surface area (Å²) in [7, 11) is 0. The summed E-state index contributed by atoms with van der Waals surface area (Å²) < 4.78 is 5.63. The first-order chi connectivity index (χ1) is 10.9. The minimum absolute atomic E-state index is 0.169. The second-order valence-electron chi connectivity index (χ2n) is 6.44. The maximum absolute atomic E-state index is 12.2. The van der Waals surface area contributed by atoms with Gasteiger partial charge < -0.3 is 15.2 Å². The Labute approximate surface area is 137 Å². The Morgan fingerprint density at radius 1 is 1.30 bits per heavy atom. The second kappa shape index (κ2) is 7.49. The van der Waals surface area contributed by atoms with Crippen molar-refractivity contribution < 1.29 is 19.4 Å². The minimum Gasteiger partial charge on any atom is -0.481 e. The number of hydrogen-bond donors (Lipinski definition) is 2. The molecule has 5 heteroatoms. The number of rotatable bonds is 6. The third kappa shape index (κ3) is 4.47. The molecule has 1 aliphatic carbocycles. The highest BCUT2D eigenvalue weighted by Crippen LogP contribution is 2.36. The van der Waals surface area contributed by atoms with Gasteiger partial charge in [-0.05, 0) is 44.4 Å². The maximum atomic E-state index is 12.2. The van der Waals surface area contributed by atoms with Gasteiger partial charge in [0.1, 0.15) is 5.75 Å². The molecule has 0 spiro atoms. The van der Waals surface area contributed by atoms with Crippen LogP contribution in [-0.4, -0.2) is 29.6 Å². The smallest absolute Gasteiger partial charge is 0.311 e. The van der Waals surface area contributed by atoms with Crippen LogP contribution < -0.4 is 10.1 Å². The highest BCUT2D eigenvalue weighted by atomic mass is 16.5. The number of amides is 1. The number of benzene rings is 1. The van der Waals surface area contributed by atoms with Gasteiger partial charge in [-0.3, -0.25) is 9.59 Å². The van der Waals surface area contributed by atoms with Crippen LogP contribution in [0.3, 0.4) is 0 Å². The Balaban J connectivity index is 1.91. The van der Waals surface area contributed by atoms with Crippen LogP contribution in [0.1, 0.15) is 44.6 Å². The van der Waals surface area contributed by atoms with Crippen LogP contribution in [0.5, 0.6) is 5.75 Å². The van der Waals surface area contributed by atoms with Crippen LogP contribution >= 0.6 is 0 Å². The number of carbonyl (C=O) groups is 2. The summed E-state index contributed by atoms with van der Waals surface area (Å²) in [6.07, 6.45) is 3.45. The lowest BCUT2D eigenvalue weighted by atomic mass is 9.74. The van der Waals surface area contributed by atoms with E-state index in [-0.39, 0.29) is 12.5 Å². The van der Waals surface area contributed by atoms with Crippen LogP contribution in [0.4, 0.5) is 0 Å². The van der Waals surface area contributed by atoms with Gasteiger partial charge in [0.25, 0.3) is 5.91 Å². The fourth-order valence-electron chi connectivity index (χ4n) is 3.04. The van der Waals surface area contributed by atoms with E-state index in [1.54, 1.807) is 13.0 Å². The fraction of sp³-hybridized carbons (Fsp3) is 0.556. The van der Waals surface area contributed by atoms with Crippen LogP contribution in [-0.2, 0) is 9.59 Å². The van der Waals surface area contributed by atoms with Gasteiger partial charge >= 0.3 is 5.97 Å². The Hall–Kier alpha value is -2.04. The number of carboxylic acid groups (broad SMARTS) is 1. The molecule has 0 saturated heterocycles. The molecule has 126 valence electrons. The van der Waals surface area contributed by atoms with Crippen molar-refractivity contribution in [1.82, 2.24) is 5.32 Å². The molecule has 1 fully saturated rings. The Morgan fingerprint density at radius 2 is 2.00 bits per heavy atom. The number of ether oxygens (including phenoxy) is 1. The number of carboxylic acids is 1. The molecule has 1 aliphatic rings. The van der Waals surface area contributed by atoms with Crippen LogP contribution in [0.25, 0.3) is 0 Å². The van der Waals surface area contributed by atoms with E-state index in [0.717, 1.165) is 24.8 Å². The van der Waals surface area contributed by atoms with Crippen molar-refractivity contribution >= 4 is 11.9 Å². The molecule has 2 rings (SSSR count). The molecule has 1 aromatic rings. The van der Waals surface area contributed by atoms with E-state index in [4.69, 9.17) is 4.74 Å². The molecule has 0 bridgehead atoms. The van der Waals surface area contributed by atoms with Crippen LogP contribution in [0, 0.1) is 12.3 Å². The maximum Gasteiger partial charge on any atom is 0.311 e. The van der Waals surface area contributed by atoms with Gasteiger partial charge in [0, 0.05) is 6.54 Å². The number of carbonyl (C=O) groups excluding carboxylic acids is 1. The topological polar surface area (TPSA) is 75.6 Å². The van der Waals surface area contributed by atoms with E-state index >= 15 is 0 Å². The number of aryl methyl sites for hydroxylation is 1. The summed E-state index contributed by atoms with van der Waals surface area (Å²) in [4.78, 5) is 23.8. The molecule has 1 atom stereocenters. The molecule has 0 radical (unpaired) electrons. The van der Waals surface area contributed by atoms with E-state index in [9.17, 15) is 14.7 Å². The van der Waals surface area contributed by atoms with E-state index in [0.29, 0.717) is 18.6 Å². The lowest BCUT2D eigenvalue weighted by Crippen LogP contribution is -2.47. The molecule has 1 aromatic carbocycles. The highest BCUT2D eigenvalue weighted by molar-refractivity contribution is 5.82. The minimum atomic E-state index is -0.822. The first-order valence-electron chi connectivity index (χ1n) is 8.17. The molecule has 1 unspecified atom stereocenters. The number of aliphatic carboxylic acids is 1. The molecule has 5 nitrogen and oxygen atoms in total. The standard InChI is InChI=1S/C18H25NO4/c1-13-7-6-8-15(11-13)23-14(2)16(20)19-12-18(17(21)22)9-4-3-5-10-18/h6-8,11,14H,3-5,9-10,12H2,1-2H3,(H,19,20)(H,21,22). The molecule has 0 aliphatic heterocycles. The lowest BCUT2D eigenvalue weighted by molar-refractivity contribution is -0.151. The summed E-state index contributed by atoms with van der Waals surface area (Å²) >= 11 is 0. The van der Waals surface area contributed by atoms with Gasteiger partial charge in [-0.15, -0.1) is 0 Å². The summed E-state index contributed by atoms with van der Waals surface area (Å²) in [5.41, 5.74) is 0.235. The monoisotopic (exact) mass is 319 g/mol. The van der Waals surface area contributed by atoms with E-state index < -0.39 is 17.5 Å². The van der Waals surface area contributed by atoms with Crippen molar-refractivity contribution in [2.45, 2.75) is 52.1 Å². The van der Waals surface area contributed by atoms with Crippen molar-refractivity contribution in [3.63, 3.8) is 0 Å². The summed E-state index contributed by atoms with van der Waals surface area (Å²) in [5, 5.41) is 12.3. The van der Waals surface area contributed by atoms with Crippen molar-refractivity contribution in [3.8, 4) is 5.75 Å². The first-order valence-corrected chi connectivity index (χ1v) is 8.17. The zero-order valence-electron chi connectivity index (χ0n) is 13.8. The summed E-state index contributed by atoms with van der Waals surface area (Å²) in [6, 6.07) is 7.49.